The van der Waals surface area contributed by atoms with Gasteiger partial charge in [-0.15, -0.1) is 0 Å². The van der Waals surface area contributed by atoms with Gasteiger partial charge in [0.25, 0.3) is 0 Å². The van der Waals surface area contributed by atoms with Crippen molar-refractivity contribution < 1.29 is 22.7 Å². The Morgan fingerprint density at radius 2 is 1.81 bits per heavy atom. The number of carbonyl (C=O) groups is 1. The highest BCUT2D eigenvalue weighted by Crippen LogP contribution is 2.36. The molecule has 27 heavy (non-hydrogen) atoms. The Morgan fingerprint density at radius 1 is 1.19 bits per heavy atom. The van der Waals surface area contributed by atoms with Crippen LogP contribution < -0.4 is 15.4 Å². The average Bonchev–Trinajstić information content (AvgIpc) is 2.55. The van der Waals surface area contributed by atoms with Crippen LogP contribution in [0.2, 0.25) is 5.02 Å². The van der Waals surface area contributed by atoms with E-state index in [2.05, 4.69) is 10.6 Å². The molecule has 2 aromatic rings. The maximum Gasteiger partial charge on any atom is 0.418 e. The van der Waals surface area contributed by atoms with Crippen LogP contribution in [0.4, 0.5) is 23.7 Å². The van der Waals surface area contributed by atoms with Crippen LogP contribution in [0.1, 0.15) is 23.6 Å². The van der Waals surface area contributed by atoms with E-state index in [9.17, 15) is 18.0 Å². The van der Waals surface area contributed by atoms with E-state index in [4.69, 9.17) is 16.3 Å². The minimum absolute atomic E-state index is 0.0661. The summed E-state index contributed by atoms with van der Waals surface area (Å²) in [5.74, 6) is 0.726. The van der Waals surface area contributed by atoms with Gasteiger partial charge in [0.1, 0.15) is 12.4 Å². The number of rotatable bonds is 5. The van der Waals surface area contributed by atoms with Crippen molar-refractivity contribution >= 4 is 23.3 Å². The van der Waals surface area contributed by atoms with Crippen molar-refractivity contribution in [2.45, 2.75) is 33.0 Å². The van der Waals surface area contributed by atoms with Gasteiger partial charge in [0.05, 0.1) is 17.3 Å². The molecule has 0 bridgehead atoms. The number of hydrogen-bond acceptors (Lipinski definition) is 2. The third-order valence-corrected chi connectivity index (χ3v) is 4.03. The molecule has 1 unspecified atom stereocenters. The number of urea groups is 1. The number of aryl methyl sites for hydroxylation is 2. The molecule has 2 amide bonds. The van der Waals surface area contributed by atoms with E-state index in [-0.39, 0.29) is 17.3 Å². The van der Waals surface area contributed by atoms with Gasteiger partial charge in [-0.3, -0.25) is 0 Å². The second kappa shape index (κ2) is 8.52. The van der Waals surface area contributed by atoms with E-state index in [1.54, 1.807) is 6.92 Å². The van der Waals surface area contributed by atoms with Crippen LogP contribution in [0.15, 0.2) is 36.4 Å². The molecule has 2 rings (SSSR count). The first-order valence-corrected chi connectivity index (χ1v) is 8.59. The van der Waals surface area contributed by atoms with Crippen LogP contribution in [-0.2, 0) is 6.18 Å². The van der Waals surface area contributed by atoms with Gasteiger partial charge >= 0.3 is 12.2 Å². The fraction of sp³-hybridized carbons (Fsp3) is 0.316. The number of para-hydroxylation sites is 1. The summed E-state index contributed by atoms with van der Waals surface area (Å²) >= 11 is 5.62. The second-order valence-electron chi connectivity index (χ2n) is 6.22. The predicted molar refractivity (Wildman–Crippen MR) is 99.5 cm³/mol. The molecule has 0 radical (unpaired) electrons. The van der Waals surface area contributed by atoms with Crippen LogP contribution in [0.3, 0.4) is 0 Å². The molecule has 4 nitrogen and oxygen atoms in total. The first kappa shape index (κ1) is 20.9. The molecule has 0 spiro atoms. The minimum Gasteiger partial charge on any atom is -0.491 e. The summed E-state index contributed by atoms with van der Waals surface area (Å²) in [7, 11) is 0. The van der Waals surface area contributed by atoms with Gasteiger partial charge < -0.3 is 15.4 Å². The van der Waals surface area contributed by atoms with Gasteiger partial charge in [-0.05, 0) is 50.1 Å². The number of carbonyl (C=O) groups excluding carboxylic acids is 1. The number of halogens is 4. The Labute approximate surface area is 160 Å². The van der Waals surface area contributed by atoms with E-state index in [0.29, 0.717) is 0 Å². The number of anilines is 1. The van der Waals surface area contributed by atoms with Crippen molar-refractivity contribution in [2.24, 2.45) is 0 Å². The zero-order valence-electron chi connectivity index (χ0n) is 15.1. The predicted octanol–water partition coefficient (Wildman–Crippen LogP) is 5.56. The average molecular weight is 401 g/mol. The zero-order chi connectivity index (χ0) is 20.2. The number of nitrogens with one attached hydrogen (secondary N) is 2. The highest BCUT2D eigenvalue weighted by atomic mass is 35.5. The molecule has 1 atom stereocenters. The number of hydrogen-bond donors (Lipinski definition) is 2. The molecular formula is C19H20ClF3N2O2. The highest BCUT2D eigenvalue weighted by Gasteiger charge is 2.34. The normalized spacial score (nSPS) is 12.4. The first-order valence-electron chi connectivity index (χ1n) is 8.21. The fourth-order valence-electron chi connectivity index (χ4n) is 2.52. The maximum atomic E-state index is 13.1. The van der Waals surface area contributed by atoms with Gasteiger partial charge in [0.2, 0.25) is 0 Å². The lowest BCUT2D eigenvalue weighted by molar-refractivity contribution is -0.136. The summed E-state index contributed by atoms with van der Waals surface area (Å²) < 4.78 is 45.0. The molecule has 8 heteroatoms. The van der Waals surface area contributed by atoms with Crippen LogP contribution in [-0.4, -0.2) is 18.7 Å². The highest BCUT2D eigenvalue weighted by molar-refractivity contribution is 6.30. The molecule has 0 aliphatic carbocycles. The van der Waals surface area contributed by atoms with Crippen molar-refractivity contribution in [3.63, 3.8) is 0 Å². The molecular weight excluding hydrogens is 381 g/mol. The quantitative estimate of drug-likeness (QED) is 0.689. The van der Waals surface area contributed by atoms with Crippen LogP contribution >= 0.6 is 11.6 Å². The molecule has 2 aromatic carbocycles. The van der Waals surface area contributed by atoms with Gasteiger partial charge in [-0.1, -0.05) is 29.8 Å². The van der Waals surface area contributed by atoms with E-state index < -0.39 is 23.8 Å². The molecule has 0 aliphatic heterocycles. The molecule has 0 heterocycles. The summed E-state index contributed by atoms with van der Waals surface area (Å²) in [6, 6.07) is 7.70. The lowest BCUT2D eigenvalue weighted by Gasteiger charge is -2.19. The molecule has 0 aromatic heterocycles. The van der Waals surface area contributed by atoms with Gasteiger partial charge in [0.15, 0.2) is 0 Å². The summed E-state index contributed by atoms with van der Waals surface area (Å²) in [6.07, 6.45) is -4.63. The lowest BCUT2D eigenvalue weighted by atomic mass is 10.1. The minimum atomic E-state index is -4.63. The van der Waals surface area contributed by atoms with Crippen LogP contribution in [0.5, 0.6) is 5.75 Å². The van der Waals surface area contributed by atoms with Crippen LogP contribution in [0, 0.1) is 13.8 Å². The van der Waals surface area contributed by atoms with Crippen molar-refractivity contribution in [3.05, 3.63) is 58.1 Å². The molecule has 0 saturated carbocycles. The van der Waals surface area contributed by atoms with Crippen molar-refractivity contribution in [2.75, 3.05) is 11.9 Å². The van der Waals surface area contributed by atoms with Crippen LogP contribution in [0.25, 0.3) is 0 Å². The molecule has 2 N–H and O–H groups in total. The monoisotopic (exact) mass is 400 g/mol. The summed E-state index contributed by atoms with van der Waals surface area (Å²) in [5, 5.41) is 4.70. The standard InChI is InChI=1S/C19H20ClF3N2O2/c1-11-5-4-6-12(2)17(11)27-10-13(3)24-18(26)25-16-8-7-14(20)9-15(16)19(21,22)23/h4-9,13H,10H2,1-3H3,(H2,24,25,26). The smallest absolute Gasteiger partial charge is 0.418 e. The third kappa shape index (κ3) is 5.79. The molecule has 0 aliphatic rings. The van der Waals surface area contributed by atoms with Gasteiger partial charge in [-0.2, -0.15) is 13.2 Å². The van der Waals surface area contributed by atoms with E-state index in [1.807, 2.05) is 32.0 Å². The zero-order valence-corrected chi connectivity index (χ0v) is 15.8. The summed E-state index contributed by atoms with van der Waals surface area (Å²) in [5.41, 5.74) is 0.544. The Hall–Kier alpha value is -2.41. The number of ether oxygens (including phenoxy) is 1. The fourth-order valence-corrected chi connectivity index (χ4v) is 2.69. The van der Waals surface area contributed by atoms with Crippen molar-refractivity contribution in [1.82, 2.24) is 5.32 Å². The van der Waals surface area contributed by atoms with E-state index in [0.717, 1.165) is 29.0 Å². The molecule has 0 fully saturated rings. The number of benzene rings is 2. The van der Waals surface area contributed by atoms with E-state index >= 15 is 0 Å². The van der Waals surface area contributed by atoms with Gasteiger partial charge in [-0.25, -0.2) is 4.79 Å². The van der Waals surface area contributed by atoms with Gasteiger partial charge in [0, 0.05) is 5.02 Å². The first-order chi connectivity index (χ1) is 12.6. The maximum absolute atomic E-state index is 13.1. The Morgan fingerprint density at radius 3 is 2.41 bits per heavy atom. The molecule has 0 saturated heterocycles. The number of amides is 2. The Bertz CT molecular complexity index is 805. The summed E-state index contributed by atoms with van der Waals surface area (Å²) in [4.78, 5) is 12.1. The summed E-state index contributed by atoms with van der Waals surface area (Å²) in [6.45, 7) is 5.68. The molecule has 146 valence electrons. The third-order valence-electron chi connectivity index (χ3n) is 3.80. The largest absolute Gasteiger partial charge is 0.491 e. The van der Waals surface area contributed by atoms with Crippen molar-refractivity contribution in [3.8, 4) is 5.75 Å². The SMILES string of the molecule is Cc1cccc(C)c1OCC(C)NC(=O)Nc1ccc(Cl)cc1C(F)(F)F. The van der Waals surface area contributed by atoms with E-state index in [1.165, 1.54) is 6.07 Å². The number of alkyl halides is 3. The van der Waals surface area contributed by atoms with Crippen molar-refractivity contribution in [1.29, 1.82) is 0 Å². The topological polar surface area (TPSA) is 50.4 Å². The second-order valence-corrected chi connectivity index (χ2v) is 6.66. The Balaban J connectivity index is 1.98. The lowest BCUT2D eigenvalue weighted by Crippen LogP contribution is -2.40. The Kier molecular flexibility index (Phi) is 6.59.